The number of benzene rings is 2. The topological polar surface area (TPSA) is 107 Å². The molecule has 1 fully saturated rings. The molecule has 1 amide bonds. The van der Waals surface area contributed by atoms with Crippen LogP contribution < -0.4 is 19.5 Å². The maximum Gasteiger partial charge on any atom is 0.257 e. The van der Waals surface area contributed by atoms with Crippen LogP contribution in [-0.4, -0.2) is 32.1 Å². The second kappa shape index (κ2) is 7.38. The van der Waals surface area contributed by atoms with Crippen molar-refractivity contribution in [2.24, 2.45) is 0 Å². The van der Waals surface area contributed by atoms with Gasteiger partial charge in [-0.25, -0.2) is 18.1 Å². The molecule has 0 bridgehead atoms. The van der Waals surface area contributed by atoms with Gasteiger partial charge in [-0.1, -0.05) is 6.07 Å². The van der Waals surface area contributed by atoms with E-state index in [1.807, 2.05) is 23.6 Å². The van der Waals surface area contributed by atoms with E-state index in [1.165, 1.54) is 23.5 Å². The third-order valence-electron chi connectivity index (χ3n) is 4.70. The fraction of sp³-hybridized carbons (Fsp3) is 0.200. The summed E-state index contributed by atoms with van der Waals surface area (Å²) in [6, 6.07) is 11.5. The first kappa shape index (κ1) is 19.0. The molecule has 1 aliphatic heterocycles. The molecule has 2 heterocycles. The Hall–Kier alpha value is -2.95. The van der Waals surface area contributed by atoms with Gasteiger partial charge in [-0.3, -0.25) is 10.1 Å². The van der Waals surface area contributed by atoms with Gasteiger partial charge in [-0.15, -0.1) is 11.3 Å². The Balaban J connectivity index is 1.32. The maximum absolute atomic E-state index is 12.6. The van der Waals surface area contributed by atoms with Crippen LogP contribution >= 0.6 is 11.3 Å². The predicted molar refractivity (Wildman–Crippen MR) is 111 cm³/mol. The van der Waals surface area contributed by atoms with Crippen LogP contribution in [0.3, 0.4) is 0 Å². The van der Waals surface area contributed by atoms with Crippen molar-refractivity contribution in [3.05, 3.63) is 53.4 Å². The van der Waals surface area contributed by atoms with Crippen LogP contribution in [0.25, 0.3) is 11.3 Å². The summed E-state index contributed by atoms with van der Waals surface area (Å²) in [7, 11) is -3.63. The normalized spacial score (nSPS) is 15.2. The number of carbonyl (C=O) groups is 1. The van der Waals surface area contributed by atoms with Crippen LogP contribution in [0.15, 0.2) is 52.7 Å². The highest BCUT2D eigenvalue weighted by molar-refractivity contribution is 7.89. The highest BCUT2D eigenvalue weighted by Crippen LogP contribution is 2.36. The SMILES string of the molecule is O=C(Nc1nc(-c2ccc3c(c2)OCO3)cs1)c1cccc(S(=O)(=O)NC2CC2)c1. The lowest BCUT2D eigenvalue weighted by Crippen LogP contribution is -2.26. The number of rotatable bonds is 6. The number of aromatic nitrogens is 1. The Kier molecular flexibility index (Phi) is 4.69. The number of ether oxygens (including phenoxy) is 2. The molecule has 1 aromatic heterocycles. The minimum Gasteiger partial charge on any atom is -0.454 e. The summed E-state index contributed by atoms with van der Waals surface area (Å²) < 4.78 is 38.1. The van der Waals surface area contributed by atoms with Gasteiger partial charge in [0.25, 0.3) is 5.91 Å². The summed E-state index contributed by atoms with van der Waals surface area (Å²) in [5.41, 5.74) is 1.78. The molecule has 0 saturated heterocycles. The van der Waals surface area contributed by atoms with E-state index in [1.54, 1.807) is 12.1 Å². The molecule has 2 N–H and O–H groups in total. The van der Waals surface area contributed by atoms with Gasteiger partial charge < -0.3 is 9.47 Å². The highest BCUT2D eigenvalue weighted by Gasteiger charge is 2.28. The number of sulfonamides is 1. The van der Waals surface area contributed by atoms with Crippen molar-refractivity contribution in [1.29, 1.82) is 0 Å². The second-order valence-electron chi connectivity index (χ2n) is 6.98. The molecule has 0 spiro atoms. The maximum atomic E-state index is 12.6. The summed E-state index contributed by atoms with van der Waals surface area (Å²) >= 11 is 1.28. The van der Waals surface area contributed by atoms with E-state index >= 15 is 0 Å². The first-order valence-electron chi connectivity index (χ1n) is 9.27. The van der Waals surface area contributed by atoms with Crippen LogP contribution in [0.5, 0.6) is 11.5 Å². The smallest absolute Gasteiger partial charge is 0.257 e. The number of hydrogen-bond donors (Lipinski definition) is 2. The monoisotopic (exact) mass is 443 g/mol. The molecule has 30 heavy (non-hydrogen) atoms. The van der Waals surface area contributed by atoms with Crippen molar-refractivity contribution in [3.8, 4) is 22.8 Å². The summed E-state index contributed by atoms with van der Waals surface area (Å²) in [6.45, 7) is 0.197. The summed E-state index contributed by atoms with van der Waals surface area (Å²) in [5.74, 6) is 0.919. The van der Waals surface area contributed by atoms with E-state index in [2.05, 4.69) is 15.0 Å². The number of nitrogens with zero attached hydrogens (tertiary/aromatic N) is 1. The number of anilines is 1. The van der Waals surface area contributed by atoms with Crippen LogP contribution in [-0.2, 0) is 10.0 Å². The standard InChI is InChI=1S/C20H17N3O5S2/c24-19(13-2-1-3-15(8-13)30(25,26)23-14-5-6-14)22-20-21-16(10-29-20)12-4-7-17-18(9-12)28-11-27-17/h1-4,7-10,14,23H,5-6,11H2,(H,21,22,24). The fourth-order valence-electron chi connectivity index (χ4n) is 2.98. The number of carbonyl (C=O) groups excluding carboxylic acids is 1. The van der Waals surface area contributed by atoms with E-state index in [4.69, 9.17) is 9.47 Å². The number of nitrogens with one attached hydrogen (secondary N) is 2. The lowest BCUT2D eigenvalue weighted by atomic mass is 10.1. The zero-order valence-corrected chi connectivity index (χ0v) is 17.3. The molecule has 1 aliphatic carbocycles. The lowest BCUT2D eigenvalue weighted by molar-refractivity contribution is 0.102. The highest BCUT2D eigenvalue weighted by atomic mass is 32.2. The van der Waals surface area contributed by atoms with Crippen LogP contribution in [0.4, 0.5) is 5.13 Å². The van der Waals surface area contributed by atoms with Crippen LogP contribution in [0.1, 0.15) is 23.2 Å². The van der Waals surface area contributed by atoms with Crippen molar-refractivity contribution in [3.63, 3.8) is 0 Å². The molecule has 0 radical (unpaired) electrons. The quantitative estimate of drug-likeness (QED) is 0.606. The van der Waals surface area contributed by atoms with Gasteiger partial charge in [0.2, 0.25) is 16.8 Å². The molecular formula is C20H17N3O5S2. The van der Waals surface area contributed by atoms with Gasteiger partial charge in [-0.2, -0.15) is 0 Å². The average molecular weight is 444 g/mol. The zero-order chi connectivity index (χ0) is 20.7. The van der Waals surface area contributed by atoms with E-state index in [-0.39, 0.29) is 23.3 Å². The first-order chi connectivity index (χ1) is 14.5. The van der Waals surface area contributed by atoms with E-state index in [0.29, 0.717) is 22.3 Å². The zero-order valence-electron chi connectivity index (χ0n) is 15.6. The molecule has 3 aromatic rings. The van der Waals surface area contributed by atoms with Crippen molar-refractivity contribution in [2.45, 2.75) is 23.8 Å². The molecule has 8 nitrogen and oxygen atoms in total. The van der Waals surface area contributed by atoms with Gasteiger partial charge in [0, 0.05) is 22.5 Å². The number of amides is 1. The van der Waals surface area contributed by atoms with Gasteiger partial charge in [0.05, 0.1) is 10.6 Å². The van der Waals surface area contributed by atoms with Crippen molar-refractivity contribution in [2.75, 3.05) is 12.1 Å². The Labute approximate surface area is 176 Å². The van der Waals surface area contributed by atoms with E-state index in [0.717, 1.165) is 18.4 Å². The Morgan fingerprint density at radius 3 is 2.77 bits per heavy atom. The first-order valence-corrected chi connectivity index (χ1v) is 11.6. The average Bonchev–Trinajstić information content (AvgIpc) is 3.23. The van der Waals surface area contributed by atoms with Gasteiger partial charge in [0.1, 0.15) is 0 Å². The number of thiazole rings is 1. The summed E-state index contributed by atoms with van der Waals surface area (Å²) in [6.07, 6.45) is 1.68. The predicted octanol–water partition coefficient (Wildman–Crippen LogP) is 3.23. The van der Waals surface area contributed by atoms with Crippen molar-refractivity contribution in [1.82, 2.24) is 9.71 Å². The molecule has 10 heteroatoms. The Morgan fingerprint density at radius 2 is 1.93 bits per heavy atom. The molecular weight excluding hydrogens is 426 g/mol. The molecule has 2 aliphatic rings. The second-order valence-corrected chi connectivity index (χ2v) is 9.56. The van der Waals surface area contributed by atoms with Crippen molar-refractivity contribution >= 4 is 32.4 Å². The third-order valence-corrected chi connectivity index (χ3v) is 6.97. The molecule has 5 rings (SSSR count). The van der Waals surface area contributed by atoms with Gasteiger partial charge in [0.15, 0.2) is 16.6 Å². The van der Waals surface area contributed by atoms with Crippen molar-refractivity contribution < 1.29 is 22.7 Å². The summed E-state index contributed by atoms with van der Waals surface area (Å²) in [5, 5.41) is 4.97. The van der Waals surface area contributed by atoms with Crippen LogP contribution in [0.2, 0.25) is 0 Å². The molecule has 2 aromatic carbocycles. The van der Waals surface area contributed by atoms with Gasteiger partial charge in [-0.05, 0) is 49.2 Å². The number of hydrogen-bond acceptors (Lipinski definition) is 7. The Bertz CT molecular complexity index is 1230. The van der Waals surface area contributed by atoms with Gasteiger partial charge >= 0.3 is 0 Å². The molecule has 1 saturated carbocycles. The Morgan fingerprint density at radius 1 is 1.10 bits per heavy atom. The molecule has 0 unspecified atom stereocenters. The van der Waals surface area contributed by atoms with E-state index < -0.39 is 15.9 Å². The summed E-state index contributed by atoms with van der Waals surface area (Å²) in [4.78, 5) is 17.2. The third kappa shape index (κ3) is 3.89. The molecule has 154 valence electrons. The number of fused-ring (bicyclic) bond motifs is 1. The fourth-order valence-corrected chi connectivity index (χ4v) is 5.05. The van der Waals surface area contributed by atoms with Crippen LogP contribution in [0, 0.1) is 0 Å². The van der Waals surface area contributed by atoms with E-state index in [9.17, 15) is 13.2 Å². The lowest BCUT2D eigenvalue weighted by Gasteiger charge is -2.07. The largest absolute Gasteiger partial charge is 0.454 e. The minimum absolute atomic E-state index is 0.00241. The minimum atomic E-state index is -3.63. The molecule has 0 atom stereocenters.